The summed E-state index contributed by atoms with van der Waals surface area (Å²) < 4.78 is 11.8. The Kier molecular flexibility index (Phi) is 4.07. The first-order valence-electron chi connectivity index (χ1n) is 9.68. The average Bonchev–Trinajstić information content (AvgIpc) is 2.89. The number of hydrogen-bond donors (Lipinski definition) is 1. The summed E-state index contributed by atoms with van der Waals surface area (Å²) >= 11 is 0. The number of carbonyl (C=O) groups excluding carboxylic acids is 1. The van der Waals surface area contributed by atoms with Crippen molar-refractivity contribution < 1.29 is 19.4 Å². The number of fused-ring (bicyclic) bond motifs is 2. The maximum Gasteiger partial charge on any atom is 0.235 e. The topological polar surface area (TPSA) is 55.8 Å². The minimum Gasteiger partial charge on any atom is -0.507 e. The minimum atomic E-state index is -0.302. The Bertz CT molecular complexity index is 989. The molecule has 0 fully saturated rings. The molecule has 1 N–H and O–H groups in total. The third-order valence-electron chi connectivity index (χ3n) is 5.44. The number of allylic oxidation sites excluding steroid dienone is 1. The molecule has 28 heavy (non-hydrogen) atoms. The van der Waals surface area contributed by atoms with E-state index in [1.54, 1.807) is 12.1 Å². The molecule has 0 radical (unpaired) electrons. The van der Waals surface area contributed by atoms with E-state index in [0.717, 1.165) is 12.0 Å². The molecule has 0 bridgehead atoms. The van der Waals surface area contributed by atoms with Crippen LogP contribution in [0.4, 0.5) is 0 Å². The third-order valence-corrected chi connectivity index (χ3v) is 5.44. The van der Waals surface area contributed by atoms with Gasteiger partial charge in [-0.3, -0.25) is 4.79 Å². The Morgan fingerprint density at radius 1 is 1.11 bits per heavy atom. The van der Waals surface area contributed by atoms with Crippen molar-refractivity contribution in [3.63, 3.8) is 0 Å². The molecule has 0 saturated carbocycles. The van der Waals surface area contributed by atoms with Crippen molar-refractivity contribution in [3.8, 4) is 17.2 Å². The second kappa shape index (κ2) is 6.13. The maximum absolute atomic E-state index is 12.9. The summed E-state index contributed by atoms with van der Waals surface area (Å²) in [5.74, 6) is 0.863. The Balaban J connectivity index is 1.68. The van der Waals surface area contributed by atoms with Crippen LogP contribution in [0.15, 0.2) is 36.1 Å². The summed E-state index contributed by atoms with van der Waals surface area (Å²) in [5, 5.41) is 10.7. The fourth-order valence-electron chi connectivity index (χ4n) is 3.68. The van der Waals surface area contributed by atoms with Crippen molar-refractivity contribution >= 4 is 11.9 Å². The molecule has 2 aromatic carbocycles. The number of ether oxygens (including phenoxy) is 2. The number of phenolic OH excluding ortho intramolecular Hbond substituents is 1. The van der Waals surface area contributed by atoms with E-state index >= 15 is 0 Å². The number of benzene rings is 2. The van der Waals surface area contributed by atoms with Crippen LogP contribution in [0, 0.1) is 0 Å². The van der Waals surface area contributed by atoms with Gasteiger partial charge in [0.25, 0.3) is 0 Å². The molecule has 0 saturated heterocycles. The normalized spacial score (nSPS) is 19.0. The molecule has 0 aromatic heterocycles. The maximum atomic E-state index is 12.9. The summed E-state index contributed by atoms with van der Waals surface area (Å²) in [6.07, 6.45) is 3.17. The Morgan fingerprint density at radius 3 is 2.43 bits per heavy atom. The van der Waals surface area contributed by atoms with Crippen LogP contribution in [0.5, 0.6) is 17.2 Å². The lowest BCUT2D eigenvalue weighted by molar-refractivity contribution is 0.0834. The van der Waals surface area contributed by atoms with Gasteiger partial charge in [0.15, 0.2) is 5.76 Å². The van der Waals surface area contributed by atoms with Gasteiger partial charge >= 0.3 is 0 Å². The number of phenols is 1. The first-order chi connectivity index (χ1) is 13.0. The van der Waals surface area contributed by atoms with Gasteiger partial charge in [0.2, 0.25) is 5.78 Å². The third kappa shape index (κ3) is 3.17. The van der Waals surface area contributed by atoms with Crippen molar-refractivity contribution in [2.45, 2.75) is 58.5 Å². The predicted octanol–water partition coefficient (Wildman–Crippen LogP) is 5.41. The summed E-state index contributed by atoms with van der Waals surface area (Å²) in [6, 6.07) is 9.80. The second-order valence-electron chi connectivity index (χ2n) is 9.25. The van der Waals surface area contributed by atoms with Gasteiger partial charge in [0, 0.05) is 11.6 Å². The first kappa shape index (κ1) is 18.6. The summed E-state index contributed by atoms with van der Waals surface area (Å²) in [7, 11) is 0. The number of carbonyl (C=O) groups is 1. The molecule has 0 spiro atoms. The largest absolute Gasteiger partial charge is 0.507 e. The van der Waals surface area contributed by atoms with Crippen LogP contribution < -0.4 is 9.47 Å². The van der Waals surface area contributed by atoms with Crippen LogP contribution in [0.3, 0.4) is 0 Å². The van der Waals surface area contributed by atoms with Gasteiger partial charge in [-0.25, -0.2) is 0 Å². The zero-order valence-corrected chi connectivity index (χ0v) is 17.1. The lowest BCUT2D eigenvalue weighted by Crippen LogP contribution is -2.32. The Hall–Kier alpha value is -2.75. The highest BCUT2D eigenvalue weighted by Gasteiger charge is 2.37. The summed E-state index contributed by atoms with van der Waals surface area (Å²) in [4.78, 5) is 12.9. The van der Waals surface area contributed by atoms with Gasteiger partial charge in [-0.1, -0.05) is 45.0 Å². The van der Waals surface area contributed by atoms with Crippen molar-refractivity contribution in [2.75, 3.05) is 0 Å². The number of Topliss-reactive ketones (excluding diaryl/α,β-unsaturated/α-hetero) is 1. The smallest absolute Gasteiger partial charge is 0.235 e. The molecule has 0 atom stereocenters. The van der Waals surface area contributed by atoms with Crippen molar-refractivity contribution in [2.24, 2.45) is 0 Å². The fraction of sp³-hybridized carbons (Fsp3) is 0.375. The average molecular weight is 378 g/mol. The van der Waals surface area contributed by atoms with E-state index in [1.165, 1.54) is 5.56 Å². The van der Waals surface area contributed by atoms with Gasteiger partial charge < -0.3 is 14.6 Å². The molecule has 146 valence electrons. The monoisotopic (exact) mass is 378 g/mol. The molecule has 4 rings (SSSR count). The molecule has 2 aliphatic rings. The zero-order chi connectivity index (χ0) is 20.3. The van der Waals surface area contributed by atoms with Gasteiger partial charge in [-0.15, -0.1) is 0 Å². The molecule has 0 aliphatic carbocycles. The van der Waals surface area contributed by atoms with Crippen LogP contribution in [-0.4, -0.2) is 16.5 Å². The molecule has 4 nitrogen and oxygen atoms in total. The molecule has 0 amide bonds. The highest BCUT2D eigenvalue weighted by Crippen LogP contribution is 2.47. The number of hydrogen-bond acceptors (Lipinski definition) is 4. The van der Waals surface area contributed by atoms with Gasteiger partial charge in [-0.05, 0) is 49.3 Å². The van der Waals surface area contributed by atoms with Gasteiger partial charge in [0.1, 0.15) is 28.4 Å². The molecule has 2 aromatic rings. The minimum absolute atomic E-state index is 0.0144. The second-order valence-corrected chi connectivity index (χ2v) is 9.25. The number of ketones is 1. The van der Waals surface area contributed by atoms with Crippen molar-refractivity contribution in [3.05, 3.63) is 58.3 Å². The quantitative estimate of drug-likeness (QED) is 0.674. The van der Waals surface area contributed by atoms with Gasteiger partial charge in [-0.2, -0.15) is 0 Å². The molecule has 2 aliphatic heterocycles. The number of aromatic hydroxyl groups is 1. The van der Waals surface area contributed by atoms with Crippen molar-refractivity contribution in [1.82, 2.24) is 0 Å². The fourth-order valence-corrected chi connectivity index (χ4v) is 3.68. The lowest BCUT2D eigenvalue weighted by atomic mass is 9.86. The first-order valence-corrected chi connectivity index (χ1v) is 9.68. The molecular formula is C24H26O4. The molecule has 4 heteroatoms. The Morgan fingerprint density at radius 2 is 1.79 bits per heavy atom. The van der Waals surface area contributed by atoms with Gasteiger partial charge in [0.05, 0.1) is 0 Å². The SMILES string of the molecule is CC1(C)CCc2c(cc3c(c2O)C(=O)C(=Cc2ccc(C(C)(C)C)cc2)O3)O1. The zero-order valence-electron chi connectivity index (χ0n) is 17.1. The van der Waals surface area contributed by atoms with Crippen LogP contribution in [0.25, 0.3) is 6.08 Å². The Labute approximate surface area is 165 Å². The summed E-state index contributed by atoms with van der Waals surface area (Å²) in [5.41, 5.74) is 2.79. The molecule has 2 heterocycles. The highest BCUT2D eigenvalue weighted by molar-refractivity contribution is 6.16. The summed E-state index contributed by atoms with van der Waals surface area (Å²) in [6.45, 7) is 10.5. The predicted molar refractivity (Wildman–Crippen MR) is 109 cm³/mol. The van der Waals surface area contributed by atoms with E-state index in [-0.39, 0.29) is 33.9 Å². The van der Waals surface area contributed by atoms with Crippen LogP contribution in [0.1, 0.15) is 68.1 Å². The number of rotatable bonds is 1. The van der Waals surface area contributed by atoms with Crippen LogP contribution >= 0.6 is 0 Å². The standard InChI is InChI=1S/C24H26O4/c1-23(2,3)15-8-6-14(7-9-15)12-19-22(26)20-18(27-19)13-17-16(21(20)25)10-11-24(4,5)28-17/h6-9,12-13,25H,10-11H2,1-5H3. The van der Waals surface area contributed by atoms with Crippen LogP contribution in [-0.2, 0) is 11.8 Å². The van der Waals surface area contributed by atoms with E-state index in [9.17, 15) is 9.90 Å². The van der Waals surface area contributed by atoms with E-state index in [1.807, 2.05) is 26.0 Å². The van der Waals surface area contributed by atoms with Crippen LogP contribution in [0.2, 0.25) is 0 Å². The molecule has 0 unspecified atom stereocenters. The van der Waals surface area contributed by atoms with E-state index in [4.69, 9.17) is 9.47 Å². The van der Waals surface area contributed by atoms with Crippen molar-refractivity contribution in [1.29, 1.82) is 0 Å². The lowest BCUT2D eigenvalue weighted by Gasteiger charge is -2.33. The van der Waals surface area contributed by atoms with E-state index in [2.05, 4.69) is 32.9 Å². The highest BCUT2D eigenvalue weighted by atomic mass is 16.5. The molecular weight excluding hydrogens is 352 g/mol. The van der Waals surface area contributed by atoms with E-state index in [0.29, 0.717) is 23.5 Å². The van der Waals surface area contributed by atoms with E-state index < -0.39 is 0 Å².